The number of nitrogens with two attached hydrogens (primary N) is 1. The van der Waals surface area contributed by atoms with Gasteiger partial charge in [-0.2, -0.15) is 0 Å². The van der Waals surface area contributed by atoms with E-state index in [4.69, 9.17) is 14.9 Å². The lowest BCUT2D eigenvalue weighted by atomic mass is 9.71. The lowest BCUT2D eigenvalue weighted by Gasteiger charge is -2.38. The van der Waals surface area contributed by atoms with Gasteiger partial charge in [-0.3, -0.25) is 0 Å². The molecule has 1 aromatic rings. The first-order valence-electron chi connectivity index (χ1n) is 6.87. The minimum absolute atomic E-state index is 0.347. The Kier molecular flexibility index (Phi) is 4.13. The van der Waals surface area contributed by atoms with Crippen LogP contribution in [0.25, 0.3) is 0 Å². The van der Waals surface area contributed by atoms with E-state index in [9.17, 15) is 0 Å². The van der Waals surface area contributed by atoms with Crippen LogP contribution in [0.5, 0.6) is 0 Å². The Hall–Kier alpha value is -0.800. The van der Waals surface area contributed by atoms with Crippen molar-refractivity contribution in [3.63, 3.8) is 0 Å². The number of furan rings is 1. The molecule has 18 heavy (non-hydrogen) atoms. The molecule has 0 radical (unpaired) electrons. The van der Waals surface area contributed by atoms with E-state index in [0.717, 1.165) is 30.1 Å². The molecule has 1 heterocycles. The van der Waals surface area contributed by atoms with E-state index in [-0.39, 0.29) is 0 Å². The minimum Gasteiger partial charge on any atom is -0.467 e. The fourth-order valence-corrected chi connectivity index (χ4v) is 3.25. The van der Waals surface area contributed by atoms with Crippen LogP contribution < -0.4 is 5.73 Å². The molecule has 1 aromatic heterocycles. The Morgan fingerprint density at radius 3 is 2.89 bits per heavy atom. The first kappa shape index (κ1) is 13.6. The molecule has 0 saturated heterocycles. The second kappa shape index (κ2) is 5.45. The summed E-state index contributed by atoms with van der Waals surface area (Å²) in [6.07, 6.45) is 5.62. The van der Waals surface area contributed by atoms with Crippen molar-refractivity contribution in [3.8, 4) is 0 Å². The highest BCUT2D eigenvalue weighted by molar-refractivity contribution is 5.15. The molecule has 3 nitrogen and oxygen atoms in total. The van der Waals surface area contributed by atoms with E-state index in [1.165, 1.54) is 6.42 Å². The van der Waals surface area contributed by atoms with Gasteiger partial charge in [0, 0.05) is 12.1 Å². The van der Waals surface area contributed by atoms with Gasteiger partial charge in [-0.05, 0) is 36.7 Å². The van der Waals surface area contributed by atoms with Crippen LogP contribution in [0.2, 0.25) is 0 Å². The normalized spacial score (nSPS) is 27.3. The molecule has 0 aliphatic heterocycles. The van der Waals surface area contributed by atoms with Crippen LogP contribution in [0, 0.1) is 11.3 Å². The van der Waals surface area contributed by atoms with Crippen LogP contribution in [0.4, 0.5) is 0 Å². The van der Waals surface area contributed by atoms with Crippen LogP contribution in [0.1, 0.15) is 51.4 Å². The van der Waals surface area contributed by atoms with E-state index in [2.05, 4.69) is 20.8 Å². The van der Waals surface area contributed by atoms with Crippen molar-refractivity contribution in [2.24, 2.45) is 17.1 Å². The van der Waals surface area contributed by atoms with Crippen LogP contribution in [0.15, 0.2) is 16.7 Å². The van der Waals surface area contributed by atoms with Crippen molar-refractivity contribution >= 4 is 0 Å². The average molecular weight is 251 g/mol. The van der Waals surface area contributed by atoms with Gasteiger partial charge in [0.05, 0.1) is 12.4 Å². The van der Waals surface area contributed by atoms with Gasteiger partial charge in [-0.25, -0.2) is 0 Å². The summed E-state index contributed by atoms with van der Waals surface area (Å²) in [7, 11) is 0. The van der Waals surface area contributed by atoms with E-state index in [1.807, 2.05) is 6.07 Å². The van der Waals surface area contributed by atoms with E-state index in [0.29, 0.717) is 24.7 Å². The summed E-state index contributed by atoms with van der Waals surface area (Å²) in [4.78, 5) is 0. The van der Waals surface area contributed by atoms with Crippen molar-refractivity contribution in [1.82, 2.24) is 0 Å². The molecule has 0 aromatic carbocycles. The number of ether oxygens (including phenoxy) is 1. The van der Waals surface area contributed by atoms with E-state index in [1.54, 1.807) is 6.26 Å². The van der Waals surface area contributed by atoms with Gasteiger partial charge < -0.3 is 14.9 Å². The molecule has 0 amide bonds. The Balaban J connectivity index is 1.90. The summed E-state index contributed by atoms with van der Waals surface area (Å²) >= 11 is 0. The van der Waals surface area contributed by atoms with E-state index >= 15 is 0 Å². The lowest BCUT2D eigenvalue weighted by Crippen LogP contribution is -2.32. The molecule has 3 heteroatoms. The average Bonchev–Trinajstić information content (AvgIpc) is 2.70. The highest BCUT2D eigenvalue weighted by Crippen LogP contribution is 2.39. The molecule has 1 aliphatic rings. The van der Waals surface area contributed by atoms with Gasteiger partial charge in [-0.1, -0.05) is 20.8 Å². The molecule has 0 spiro atoms. The second-order valence-corrected chi connectivity index (χ2v) is 6.42. The molecule has 1 fully saturated rings. The zero-order valence-corrected chi connectivity index (χ0v) is 11.7. The zero-order chi connectivity index (χ0) is 13.2. The summed E-state index contributed by atoms with van der Waals surface area (Å²) in [6, 6.07) is 1.92. The third-order valence-electron chi connectivity index (χ3n) is 3.85. The fraction of sp³-hybridized carbons (Fsp3) is 0.733. The maximum atomic E-state index is 6.03. The van der Waals surface area contributed by atoms with Crippen LogP contribution >= 0.6 is 0 Å². The second-order valence-electron chi connectivity index (χ2n) is 6.42. The molecule has 1 aliphatic carbocycles. The quantitative estimate of drug-likeness (QED) is 0.891. The predicted octanol–water partition coefficient (Wildman–Crippen LogP) is 3.47. The first-order chi connectivity index (χ1) is 8.50. The number of hydrogen-bond acceptors (Lipinski definition) is 3. The first-order valence-corrected chi connectivity index (χ1v) is 6.87. The summed E-state index contributed by atoms with van der Waals surface area (Å²) in [5.74, 6) is 1.62. The van der Waals surface area contributed by atoms with Gasteiger partial charge in [0.25, 0.3) is 0 Å². The maximum absolute atomic E-state index is 6.03. The summed E-state index contributed by atoms with van der Waals surface area (Å²) in [6.45, 7) is 8.04. The monoisotopic (exact) mass is 251 g/mol. The van der Waals surface area contributed by atoms with Crippen LogP contribution in [-0.4, -0.2) is 6.10 Å². The molecule has 0 bridgehead atoms. The maximum Gasteiger partial charge on any atom is 0.133 e. The molecule has 2 N–H and O–H groups in total. The molecular weight excluding hydrogens is 226 g/mol. The molecule has 102 valence electrons. The van der Waals surface area contributed by atoms with Crippen molar-refractivity contribution in [2.75, 3.05) is 0 Å². The fourth-order valence-electron chi connectivity index (χ4n) is 3.25. The van der Waals surface area contributed by atoms with Crippen LogP contribution in [-0.2, 0) is 17.9 Å². The van der Waals surface area contributed by atoms with Crippen molar-refractivity contribution in [3.05, 3.63) is 23.7 Å². The summed E-state index contributed by atoms with van der Waals surface area (Å²) in [5, 5.41) is 0. The zero-order valence-electron chi connectivity index (χ0n) is 11.7. The summed E-state index contributed by atoms with van der Waals surface area (Å²) < 4.78 is 11.4. The van der Waals surface area contributed by atoms with Crippen LogP contribution in [0.3, 0.4) is 0 Å². The molecule has 2 atom stereocenters. The predicted molar refractivity (Wildman–Crippen MR) is 72.0 cm³/mol. The Morgan fingerprint density at radius 1 is 1.44 bits per heavy atom. The Labute approximate surface area is 110 Å². The SMILES string of the molecule is CC1CC(OCc2occc2CN)CC(C)(C)C1. The van der Waals surface area contributed by atoms with Gasteiger partial charge in [0.15, 0.2) is 0 Å². The van der Waals surface area contributed by atoms with Gasteiger partial charge in [-0.15, -0.1) is 0 Å². The van der Waals surface area contributed by atoms with Gasteiger partial charge in [0.2, 0.25) is 0 Å². The molecular formula is C15H25NO2. The molecule has 1 saturated carbocycles. The van der Waals surface area contributed by atoms with Crippen molar-refractivity contribution in [1.29, 1.82) is 0 Å². The smallest absolute Gasteiger partial charge is 0.133 e. The van der Waals surface area contributed by atoms with Crippen molar-refractivity contribution in [2.45, 2.75) is 59.3 Å². The topological polar surface area (TPSA) is 48.4 Å². The third-order valence-corrected chi connectivity index (χ3v) is 3.85. The highest BCUT2D eigenvalue weighted by atomic mass is 16.5. The van der Waals surface area contributed by atoms with E-state index < -0.39 is 0 Å². The standard InChI is InChI=1S/C15H25NO2/c1-11-6-13(8-15(2,3)7-11)18-10-14-12(9-16)4-5-17-14/h4-5,11,13H,6-10,16H2,1-3H3. The number of rotatable bonds is 4. The number of hydrogen-bond donors (Lipinski definition) is 1. The molecule has 2 rings (SSSR count). The lowest BCUT2D eigenvalue weighted by molar-refractivity contribution is -0.0371. The highest BCUT2D eigenvalue weighted by Gasteiger charge is 2.32. The minimum atomic E-state index is 0.347. The largest absolute Gasteiger partial charge is 0.467 e. The Morgan fingerprint density at radius 2 is 2.22 bits per heavy atom. The van der Waals surface area contributed by atoms with Gasteiger partial charge in [0.1, 0.15) is 12.4 Å². The van der Waals surface area contributed by atoms with Gasteiger partial charge >= 0.3 is 0 Å². The summed E-state index contributed by atoms with van der Waals surface area (Å²) in [5.41, 5.74) is 7.10. The third kappa shape index (κ3) is 3.36. The Bertz CT molecular complexity index is 384. The molecule has 2 unspecified atom stereocenters. The van der Waals surface area contributed by atoms with Crippen molar-refractivity contribution < 1.29 is 9.15 Å².